The third-order valence-corrected chi connectivity index (χ3v) is 15.5. The molecule has 2 atom stereocenters. The van der Waals surface area contributed by atoms with Gasteiger partial charge in [0.1, 0.15) is 0 Å². The maximum Gasteiger partial charge on any atom is 0.251 e. The van der Waals surface area contributed by atoms with E-state index in [1.54, 1.807) is 54.6 Å². The minimum Gasteiger partial charge on any atom is -0.378 e. The predicted molar refractivity (Wildman–Crippen MR) is 285 cm³/mol. The second-order valence-corrected chi connectivity index (χ2v) is 22.2. The molecule has 2 amide bonds. The van der Waals surface area contributed by atoms with Gasteiger partial charge >= 0.3 is 0 Å². The Balaban J connectivity index is 0.804. The molecule has 0 aromatic heterocycles. The fourth-order valence-corrected chi connectivity index (χ4v) is 10.7. The molecule has 0 fully saturated rings. The van der Waals surface area contributed by atoms with E-state index in [0.29, 0.717) is 85.8 Å². The summed E-state index contributed by atoms with van der Waals surface area (Å²) in [6.45, 7) is 10.7. The maximum atomic E-state index is 12.9. The van der Waals surface area contributed by atoms with E-state index in [-0.39, 0.29) is 86.7 Å². The summed E-state index contributed by atoms with van der Waals surface area (Å²) in [7, 11) is -3.46. The van der Waals surface area contributed by atoms with Gasteiger partial charge in [-0.15, -0.1) is 0 Å². The van der Waals surface area contributed by atoms with Crippen LogP contribution in [0.15, 0.2) is 94.7 Å². The first-order valence-electron chi connectivity index (χ1n) is 24.7. The largest absolute Gasteiger partial charge is 0.378 e. The highest BCUT2D eigenvalue weighted by Gasteiger charge is 2.28. The molecular formula is C52H72Cl2N6O12S2. The number of rotatable bonds is 35. The number of halogens is 2. The predicted octanol–water partition coefficient (Wildman–Crippen LogP) is 5.05. The van der Waals surface area contributed by atoms with E-state index in [0.717, 1.165) is 35.3 Å². The third kappa shape index (κ3) is 20.1. The Morgan fingerprint density at radius 2 is 1.03 bits per heavy atom. The van der Waals surface area contributed by atoms with Crippen LogP contribution < -0.4 is 25.4 Å². The van der Waals surface area contributed by atoms with Crippen LogP contribution in [0, 0.1) is 5.92 Å². The molecule has 0 spiro atoms. The van der Waals surface area contributed by atoms with Crippen molar-refractivity contribution < 1.29 is 54.8 Å². The van der Waals surface area contributed by atoms with Gasteiger partial charge in [-0.1, -0.05) is 61.3 Å². The van der Waals surface area contributed by atoms with E-state index in [1.165, 1.54) is 0 Å². The Morgan fingerprint density at radius 1 is 0.608 bits per heavy atom. The molecule has 4 aromatic rings. The van der Waals surface area contributed by atoms with Gasteiger partial charge in [0.2, 0.25) is 20.0 Å². The Morgan fingerprint density at radius 3 is 1.46 bits per heavy atom. The Bertz CT molecular complexity index is 2560. The summed E-state index contributed by atoms with van der Waals surface area (Å²) < 4.78 is 89.4. The summed E-state index contributed by atoms with van der Waals surface area (Å²) in [6.07, 6.45) is 0. The second kappa shape index (κ2) is 31.8. The van der Waals surface area contributed by atoms with Crippen molar-refractivity contribution in [3.05, 3.63) is 128 Å². The van der Waals surface area contributed by atoms with E-state index >= 15 is 0 Å². The molecule has 4 aromatic carbocycles. The van der Waals surface area contributed by atoms with Crippen LogP contribution in [0.1, 0.15) is 68.7 Å². The summed E-state index contributed by atoms with van der Waals surface area (Å²) >= 11 is 12.8. The summed E-state index contributed by atoms with van der Waals surface area (Å²) in [4.78, 5) is 27.7. The Kier molecular flexibility index (Phi) is 26.1. The normalized spacial score (nSPS) is 14.5. The average molecular weight is 1110 g/mol. The van der Waals surface area contributed by atoms with Crippen LogP contribution in [0.25, 0.3) is 0 Å². The fourth-order valence-electron chi connectivity index (χ4n) is 8.06. The molecule has 0 saturated heterocycles. The van der Waals surface area contributed by atoms with Crippen molar-refractivity contribution in [1.82, 2.24) is 30.3 Å². The first-order valence-corrected chi connectivity index (χ1v) is 28.4. The number of nitrogens with zero attached hydrogens (tertiary/aromatic N) is 1. The van der Waals surface area contributed by atoms with Gasteiger partial charge in [0.25, 0.3) is 11.8 Å². The summed E-state index contributed by atoms with van der Waals surface area (Å²) in [5.41, 5.74) is 4.94. The van der Waals surface area contributed by atoms with Gasteiger partial charge in [-0.25, -0.2) is 26.3 Å². The highest BCUT2D eigenvalue weighted by Crippen LogP contribution is 2.38. The van der Waals surface area contributed by atoms with Gasteiger partial charge < -0.3 is 49.3 Å². The fraction of sp³-hybridized carbons (Fsp3) is 0.500. The quantitative estimate of drug-likeness (QED) is 0.0381. The Labute approximate surface area is 446 Å². The van der Waals surface area contributed by atoms with Crippen molar-refractivity contribution in [3.63, 3.8) is 0 Å². The lowest BCUT2D eigenvalue weighted by Gasteiger charge is -2.33. The van der Waals surface area contributed by atoms with E-state index in [9.17, 15) is 26.4 Å². The van der Waals surface area contributed by atoms with Gasteiger partial charge in [0.05, 0.1) is 89.1 Å². The molecule has 408 valence electrons. The number of nitrogens with one attached hydrogen (secondary N) is 5. The second-order valence-electron chi connectivity index (χ2n) is 17.8. The zero-order chi connectivity index (χ0) is 53.4. The molecule has 5 rings (SSSR count). The van der Waals surface area contributed by atoms with Gasteiger partial charge in [-0.2, -0.15) is 0 Å². The molecular weight excluding hydrogens is 1040 g/mol. The minimum absolute atomic E-state index is 0.00291. The molecule has 0 radical (unpaired) electrons. The number of ether oxygens (including phenoxy) is 6. The van der Waals surface area contributed by atoms with Crippen LogP contribution in [0.5, 0.6) is 0 Å². The lowest BCUT2D eigenvalue weighted by atomic mass is 9.85. The van der Waals surface area contributed by atoms with Gasteiger partial charge in [0.15, 0.2) is 0 Å². The molecule has 1 heterocycles. The van der Waals surface area contributed by atoms with Crippen molar-refractivity contribution in [1.29, 1.82) is 0 Å². The number of benzene rings is 4. The van der Waals surface area contributed by atoms with E-state index in [4.69, 9.17) is 51.6 Å². The standard InChI is InChI=1S/C52H72Cl2N6O12S2/c1-38(2)47(35-55-3)39-9-13-44(14-10-39)73(63,64)58-19-23-69-27-31-71-29-25-67-21-17-56-51(61)41-5-7-42(8-6-41)52(62)57-18-22-68-26-30-72-32-28-70-24-20-59-74(65,66)45-15-11-40(12-16-45)48-36-60(4)37-49-46(48)33-43(53)34-50(49)54/h5-16,33-34,38,47-48,55,58-59H,17-32,35-37H2,1-4H3,(H,56,61)(H,57,62)/t47-,48+/m1/s1. The van der Waals surface area contributed by atoms with Crippen molar-refractivity contribution in [2.24, 2.45) is 5.92 Å². The lowest BCUT2D eigenvalue weighted by molar-refractivity contribution is 0.0162. The number of hydrogen-bond acceptors (Lipinski definition) is 14. The minimum atomic E-state index is -3.74. The van der Waals surface area contributed by atoms with Gasteiger partial charge in [-0.05, 0) is 109 Å². The third-order valence-electron chi connectivity index (χ3n) is 12.0. The number of hydrogen-bond donors (Lipinski definition) is 5. The molecule has 74 heavy (non-hydrogen) atoms. The highest BCUT2D eigenvalue weighted by molar-refractivity contribution is 7.89. The number of fused-ring (bicyclic) bond motifs is 1. The molecule has 0 unspecified atom stereocenters. The van der Waals surface area contributed by atoms with Crippen LogP contribution >= 0.6 is 23.2 Å². The van der Waals surface area contributed by atoms with Crippen molar-refractivity contribution in [2.45, 2.75) is 42.0 Å². The first kappa shape index (κ1) is 60.8. The number of carbonyl (C=O) groups is 2. The van der Waals surface area contributed by atoms with E-state index in [2.05, 4.69) is 44.1 Å². The zero-order valence-corrected chi connectivity index (χ0v) is 45.8. The zero-order valence-electron chi connectivity index (χ0n) is 42.7. The van der Waals surface area contributed by atoms with E-state index < -0.39 is 20.0 Å². The molecule has 0 bridgehead atoms. The van der Waals surface area contributed by atoms with Gasteiger partial charge in [0, 0.05) is 72.9 Å². The monoisotopic (exact) mass is 1110 g/mol. The summed E-state index contributed by atoms with van der Waals surface area (Å²) in [5, 5.41) is 9.94. The van der Waals surface area contributed by atoms with Crippen molar-refractivity contribution >= 4 is 55.1 Å². The molecule has 1 aliphatic rings. The molecule has 0 saturated carbocycles. The number of sulfonamides is 2. The molecule has 22 heteroatoms. The molecule has 5 N–H and O–H groups in total. The van der Waals surface area contributed by atoms with Gasteiger partial charge in [-0.3, -0.25) is 9.59 Å². The Hall–Kier alpha value is -4.10. The summed E-state index contributed by atoms with van der Waals surface area (Å²) in [5.74, 6) is 0.108. The number of carbonyl (C=O) groups excluding carboxylic acids is 2. The molecule has 1 aliphatic heterocycles. The van der Waals surface area contributed by atoms with Crippen LogP contribution in [0.4, 0.5) is 0 Å². The average Bonchev–Trinajstić information content (AvgIpc) is 3.38. The topological polar surface area (TPSA) is 221 Å². The smallest absolute Gasteiger partial charge is 0.251 e. The number of amides is 2. The molecule has 0 aliphatic carbocycles. The van der Waals surface area contributed by atoms with Crippen LogP contribution in [0.3, 0.4) is 0 Å². The summed E-state index contributed by atoms with van der Waals surface area (Å²) in [6, 6.07) is 23.8. The maximum absolute atomic E-state index is 12.9. The first-order chi connectivity index (χ1) is 35.6. The van der Waals surface area contributed by atoms with Crippen LogP contribution in [0.2, 0.25) is 10.0 Å². The SMILES string of the molecule is CNC[C@@H](c1ccc(S(=O)(=O)NCCOCCOCCOCCNC(=O)c2ccc(C(=O)NCCOCCOCCOCCNS(=O)(=O)c3ccc([C@@H]4CN(C)Cc5c(Cl)cc(Cl)cc54)cc3)cc2)cc1)C(C)C. The lowest BCUT2D eigenvalue weighted by Crippen LogP contribution is -2.31. The van der Waals surface area contributed by atoms with Crippen LogP contribution in [-0.4, -0.2) is 166 Å². The van der Waals surface area contributed by atoms with E-state index in [1.807, 2.05) is 44.4 Å². The molecule has 18 nitrogen and oxygen atoms in total. The van der Waals surface area contributed by atoms with Crippen LogP contribution in [-0.2, 0) is 55.0 Å². The number of likely N-dealkylation sites (N-methyl/N-ethyl adjacent to an activating group) is 2. The highest BCUT2D eigenvalue weighted by atomic mass is 35.5. The van der Waals surface area contributed by atoms with Crippen molar-refractivity contribution in [3.8, 4) is 0 Å². The van der Waals surface area contributed by atoms with Crippen molar-refractivity contribution in [2.75, 3.05) is 133 Å².